The molecule has 0 aliphatic carbocycles. The van der Waals surface area contributed by atoms with Crippen molar-refractivity contribution >= 4 is 21.4 Å². The molecule has 0 bridgehead atoms. The van der Waals surface area contributed by atoms with Crippen molar-refractivity contribution in [1.29, 1.82) is 0 Å². The van der Waals surface area contributed by atoms with E-state index in [1.807, 2.05) is 11.8 Å². The van der Waals surface area contributed by atoms with Crippen molar-refractivity contribution < 1.29 is 22.8 Å². The third kappa shape index (κ3) is 3.76. The summed E-state index contributed by atoms with van der Waals surface area (Å²) < 4.78 is 37.4. The molecular weight excluding hydrogens is 350 g/mol. The van der Waals surface area contributed by atoms with Gasteiger partial charge in [-0.25, -0.2) is 8.42 Å². The van der Waals surface area contributed by atoms with Gasteiger partial charge in [-0.1, -0.05) is 0 Å². The molecule has 2 saturated heterocycles. The first-order valence-electron chi connectivity index (χ1n) is 8.12. The Kier molecular flexibility index (Phi) is 5.23. The van der Waals surface area contributed by atoms with Crippen LogP contribution < -0.4 is 4.90 Å². The van der Waals surface area contributed by atoms with Crippen LogP contribution in [0.15, 0.2) is 23.1 Å². The van der Waals surface area contributed by atoms with E-state index in [1.165, 1.54) is 16.4 Å². The van der Waals surface area contributed by atoms with Gasteiger partial charge < -0.3 is 14.4 Å². The summed E-state index contributed by atoms with van der Waals surface area (Å²) in [5.74, 6) is 0. The van der Waals surface area contributed by atoms with E-state index in [4.69, 9.17) is 9.47 Å². The number of hydrogen-bond acceptors (Lipinski definition) is 7. The van der Waals surface area contributed by atoms with E-state index in [0.29, 0.717) is 38.6 Å². The van der Waals surface area contributed by atoms with Crippen LogP contribution in [0.3, 0.4) is 0 Å². The lowest BCUT2D eigenvalue weighted by Crippen LogP contribution is -2.41. The van der Waals surface area contributed by atoms with Crippen LogP contribution in [-0.4, -0.2) is 69.7 Å². The van der Waals surface area contributed by atoms with Crippen LogP contribution >= 0.6 is 0 Å². The van der Waals surface area contributed by atoms with E-state index in [0.717, 1.165) is 6.07 Å². The Morgan fingerprint density at radius 3 is 2.56 bits per heavy atom. The normalized spacial score (nSPS) is 22.8. The van der Waals surface area contributed by atoms with Crippen LogP contribution in [0.1, 0.15) is 6.92 Å². The second kappa shape index (κ2) is 7.24. The highest BCUT2D eigenvalue weighted by Crippen LogP contribution is 2.33. The van der Waals surface area contributed by atoms with Gasteiger partial charge in [0.25, 0.3) is 5.69 Å². The number of nitro groups is 1. The largest absolute Gasteiger partial charge is 0.379 e. The molecule has 1 unspecified atom stereocenters. The van der Waals surface area contributed by atoms with Crippen molar-refractivity contribution in [3.8, 4) is 0 Å². The van der Waals surface area contributed by atoms with Gasteiger partial charge in [-0.15, -0.1) is 0 Å². The maximum absolute atomic E-state index is 12.7. The molecule has 1 aromatic rings. The van der Waals surface area contributed by atoms with Gasteiger partial charge in [-0.3, -0.25) is 10.1 Å². The molecule has 2 heterocycles. The van der Waals surface area contributed by atoms with Crippen LogP contribution in [0, 0.1) is 10.1 Å². The molecule has 0 radical (unpaired) electrons. The molecule has 0 N–H and O–H groups in total. The van der Waals surface area contributed by atoms with Crippen LogP contribution in [0.25, 0.3) is 0 Å². The maximum atomic E-state index is 12.7. The molecule has 2 aliphatic rings. The first kappa shape index (κ1) is 18.1. The van der Waals surface area contributed by atoms with Crippen LogP contribution in [-0.2, 0) is 19.5 Å². The minimum Gasteiger partial charge on any atom is -0.379 e. The second-order valence-corrected chi connectivity index (χ2v) is 7.99. The summed E-state index contributed by atoms with van der Waals surface area (Å²) >= 11 is 0. The highest BCUT2D eigenvalue weighted by atomic mass is 32.2. The molecule has 0 spiro atoms. The molecule has 0 saturated carbocycles. The number of nitro benzene ring substituents is 1. The molecule has 3 rings (SSSR count). The van der Waals surface area contributed by atoms with Crippen molar-refractivity contribution in [1.82, 2.24) is 4.31 Å². The lowest BCUT2D eigenvalue weighted by Gasteiger charge is -2.32. The van der Waals surface area contributed by atoms with E-state index >= 15 is 0 Å². The highest BCUT2D eigenvalue weighted by Gasteiger charge is 2.30. The quantitative estimate of drug-likeness (QED) is 0.571. The Labute approximate surface area is 146 Å². The van der Waals surface area contributed by atoms with Crippen LogP contribution in [0.4, 0.5) is 11.4 Å². The summed E-state index contributed by atoms with van der Waals surface area (Å²) in [5.41, 5.74) is 0.213. The maximum Gasteiger partial charge on any atom is 0.293 e. The van der Waals surface area contributed by atoms with Crippen molar-refractivity contribution in [2.24, 2.45) is 0 Å². The number of nitrogens with zero attached hydrogens (tertiary/aromatic N) is 3. The molecule has 138 valence electrons. The molecule has 1 aromatic carbocycles. The summed E-state index contributed by atoms with van der Waals surface area (Å²) in [7, 11) is -3.77. The van der Waals surface area contributed by atoms with Gasteiger partial charge >= 0.3 is 0 Å². The Morgan fingerprint density at radius 1 is 1.20 bits per heavy atom. The lowest BCUT2D eigenvalue weighted by molar-refractivity contribution is -0.384. The molecule has 2 fully saturated rings. The number of benzene rings is 1. The third-order valence-corrected chi connectivity index (χ3v) is 6.23. The molecule has 0 aromatic heterocycles. The number of hydrogen-bond donors (Lipinski definition) is 0. The summed E-state index contributed by atoms with van der Waals surface area (Å²) in [6.07, 6.45) is -0.0369. The minimum absolute atomic E-state index is 0.0369. The van der Waals surface area contributed by atoms with Crippen molar-refractivity contribution in [3.05, 3.63) is 28.3 Å². The van der Waals surface area contributed by atoms with Crippen LogP contribution in [0.5, 0.6) is 0 Å². The first-order valence-corrected chi connectivity index (χ1v) is 9.56. The van der Waals surface area contributed by atoms with Crippen molar-refractivity contribution in [2.45, 2.75) is 17.9 Å². The van der Waals surface area contributed by atoms with E-state index < -0.39 is 14.9 Å². The number of rotatable bonds is 4. The summed E-state index contributed by atoms with van der Waals surface area (Å²) in [4.78, 5) is 12.8. The predicted octanol–water partition coefficient (Wildman–Crippen LogP) is 0.841. The fraction of sp³-hybridized carbons (Fsp3) is 0.600. The average Bonchev–Trinajstić information content (AvgIpc) is 2.62. The van der Waals surface area contributed by atoms with Gasteiger partial charge in [0.15, 0.2) is 0 Å². The highest BCUT2D eigenvalue weighted by molar-refractivity contribution is 7.89. The van der Waals surface area contributed by atoms with Gasteiger partial charge in [0.2, 0.25) is 10.0 Å². The van der Waals surface area contributed by atoms with E-state index in [-0.39, 0.29) is 29.8 Å². The zero-order valence-corrected chi connectivity index (χ0v) is 14.8. The molecule has 1 atom stereocenters. The summed E-state index contributed by atoms with van der Waals surface area (Å²) in [6, 6.07) is 4.11. The number of anilines is 1. The fourth-order valence-corrected chi connectivity index (χ4v) is 4.48. The van der Waals surface area contributed by atoms with Crippen molar-refractivity contribution in [2.75, 3.05) is 50.9 Å². The van der Waals surface area contributed by atoms with E-state index in [2.05, 4.69) is 0 Å². The number of ether oxygens (including phenoxy) is 2. The van der Waals surface area contributed by atoms with Gasteiger partial charge in [0.1, 0.15) is 5.69 Å². The Hall–Kier alpha value is -1.75. The molecular formula is C15H21N3O6S. The standard InChI is InChI=1S/C15H21N3O6S/c1-12-11-16(4-9-24-12)14-3-2-13(10-15(14)18(19)20)25(21,22)17-5-7-23-8-6-17/h2-3,10,12H,4-9,11H2,1H3. The predicted molar refractivity (Wildman–Crippen MR) is 90.3 cm³/mol. The fourth-order valence-electron chi connectivity index (χ4n) is 3.05. The summed E-state index contributed by atoms with van der Waals surface area (Å²) in [6.45, 7) is 4.58. The average molecular weight is 371 g/mol. The zero-order valence-electron chi connectivity index (χ0n) is 14.0. The molecule has 10 heteroatoms. The topological polar surface area (TPSA) is 102 Å². The molecule has 25 heavy (non-hydrogen) atoms. The van der Waals surface area contributed by atoms with Gasteiger partial charge in [-0.2, -0.15) is 4.31 Å². The van der Waals surface area contributed by atoms with E-state index in [9.17, 15) is 18.5 Å². The third-order valence-electron chi connectivity index (χ3n) is 4.33. The monoisotopic (exact) mass is 371 g/mol. The smallest absolute Gasteiger partial charge is 0.293 e. The molecule has 9 nitrogen and oxygen atoms in total. The van der Waals surface area contributed by atoms with E-state index in [1.54, 1.807) is 0 Å². The number of sulfonamides is 1. The van der Waals surface area contributed by atoms with Gasteiger partial charge in [0.05, 0.1) is 35.7 Å². The molecule has 0 amide bonds. The number of morpholine rings is 2. The van der Waals surface area contributed by atoms with Crippen LogP contribution in [0.2, 0.25) is 0 Å². The second-order valence-electron chi connectivity index (χ2n) is 6.05. The lowest BCUT2D eigenvalue weighted by atomic mass is 10.2. The Morgan fingerprint density at radius 2 is 1.92 bits per heavy atom. The molecule has 2 aliphatic heterocycles. The minimum atomic E-state index is -3.77. The van der Waals surface area contributed by atoms with Gasteiger partial charge in [-0.05, 0) is 19.1 Å². The Balaban J connectivity index is 1.95. The SMILES string of the molecule is CC1CN(c2ccc(S(=O)(=O)N3CCOCC3)cc2[N+](=O)[O-])CCO1. The van der Waals surface area contributed by atoms with Crippen molar-refractivity contribution in [3.63, 3.8) is 0 Å². The van der Waals surface area contributed by atoms with Gasteiger partial charge in [0, 0.05) is 32.2 Å². The first-order chi connectivity index (χ1) is 11.9. The summed E-state index contributed by atoms with van der Waals surface area (Å²) in [5, 5.41) is 11.5. The zero-order chi connectivity index (χ0) is 18.0. The Bertz CT molecular complexity index is 748.